The van der Waals surface area contributed by atoms with Gasteiger partial charge in [0.05, 0.1) is 5.69 Å². The number of carboxylic acids is 2. The highest BCUT2D eigenvalue weighted by molar-refractivity contribution is 5.96. The number of amides is 1. The molecule has 2 aromatic rings. The number of anilines is 2. The highest BCUT2D eigenvalue weighted by atomic mass is 16.5. The van der Waals surface area contributed by atoms with Crippen molar-refractivity contribution in [2.75, 3.05) is 11.5 Å². The number of carboxylic acid groups (broad SMARTS) is 2. The van der Waals surface area contributed by atoms with E-state index in [1.807, 2.05) is 6.92 Å². The van der Waals surface area contributed by atoms with Crippen molar-refractivity contribution in [2.24, 2.45) is 0 Å². The Labute approximate surface area is 183 Å². The van der Waals surface area contributed by atoms with Crippen LogP contribution in [-0.2, 0) is 16.0 Å². The lowest BCUT2D eigenvalue weighted by Gasteiger charge is -2.22. The topological polar surface area (TPSA) is 191 Å². The summed E-state index contributed by atoms with van der Waals surface area (Å²) >= 11 is 0. The number of rotatable bonds is 9. The van der Waals surface area contributed by atoms with Crippen molar-refractivity contribution >= 4 is 29.6 Å². The first-order chi connectivity index (χ1) is 15.2. The van der Waals surface area contributed by atoms with E-state index in [9.17, 15) is 19.5 Å². The highest BCUT2D eigenvalue weighted by Crippen LogP contribution is 2.39. The molecule has 3 rings (SSSR count). The summed E-state index contributed by atoms with van der Waals surface area (Å²) < 4.78 is 6.03. The molecule has 11 nitrogen and oxygen atoms in total. The fraction of sp³-hybridized carbons (Fsp3) is 0.381. The Balaban J connectivity index is 1.63. The average molecular weight is 443 g/mol. The number of aromatic nitrogens is 2. The minimum absolute atomic E-state index is 0.000801. The number of ether oxygens (including phenoxy) is 1. The number of nitrogen functional groups attached to an aromatic ring is 2. The van der Waals surface area contributed by atoms with Gasteiger partial charge in [-0.05, 0) is 50.5 Å². The van der Waals surface area contributed by atoms with E-state index >= 15 is 0 Å². The third-order valence-corrected chi connectivity index (χ3v) is 5.39. The molecule has 1 aromatic heterocycles. The van der Waals surface area contributed by atoms with Gasteiger partial charge in [0.2, 0.25) is 5.95 Å². The first kappa shape index (κ1) is 22.8. The summed E-state index contributed by atoms with van der Waals surface area (Å²) in [5.41, 5.74) is 13.6. The third-order valence-electron chi connectivity index (χ3n) is 5.39. The van der Waals surface area contributed by atoms with Crippen LogP contribution in [0.5, 0.6) is 5.75 Å². The normalized spacial score (nSPS) is 16.6. The third kappa shape index (κ3) is 5.23. The van der Waals surface area contributed by atoms with Crippen molar-refractivity contribution in [3.8, 4) is 5.75 Å². The second-order valence-corrected chi connectivity index (χ2v) is 7.62. The van der Waals surface area contributed by atoms with Crippen LogP contribution >= 0.6 is 0 Å². The van der Waals surface area contributed by atoms with Crippen LogP contribution in [0.3, 0.4) is 0 Å². The Morgan fingerprint density at radius 3 is 2.50 bits per heavy atom. The molecule has 0 saturated heterocycles. The molecule has 1 amide bonds. The molecule has 0 bridgehead atoms. The van der Waals surface area contributed by atoms with Gasteiger partial charge in [-0.2, -0.15) is 4.98 Å². The van der Waals surface area contributed by atoms with E-state index in [1.165, 1.54) is 12.1 Å². The first-order valence-electron chi connectivity index (χ1n) is 10.1. The van der Waals surface area contributed by atoms with E-state index in [-0.39, 0.29) is 36.4 Å². The van der Waals surface area contributed by atoms with Gasteiger partial charge < -0.3 is 31.7 Å². The van der Waals surface area contributed by atoms with Crippen LogP contribution in [0.25, 0.3) is 0 Å². The minimum atomic E-state index is -1.30. The van der Waals surface area contributed by atoms with Crippen molar-refractivity contribution < 1.29 is 29.3 Å². The van der Waals surface area contributed by atoms with Crippen LogP contribution in [0, 0.1) is 0 Å². The number of aryl methyl sites for hydroxylation is 1. The lowest BCUT2D eigenvalue weighted by atomic mass is 9.97. The van der Waals surface area contributed by atoms with Gasteiger partial charge in [0.25, 0.3) is 5.91 Å². The second-order valence-electron chi connectivity index (χ2n) is 7.62. The molecule has 0 aliphatic heterocycles. The van der Waals surface area contributed by atoms with E-state index in [2.05, 4.69) is 15.3 Å². The number of fused-ring (bicyclic) bond motifs is 1. The first-order valence-corrected chi connectivity index (χ1v) is 10.1. The maximum Gasteiger partial charge on any atom is 0.326 e. The molecule has 1 aliphatic carbocycles. The van der Waals surface area contributed by atoms with Gasteiger partial charge in [-0.3, -0.25) is 9.59 Å². The molecule has 0 spiro atoms. The van der Waals surface area contributed by atoms with Gasteiger partial charge >= 0.3 is 11.9 Å². The zero-order valence-electron chi connectivity index (χ0n) is 17.4. The molecular weight excluding hydrogens is 418 g/mol. The lowest BCUT2D eigenvalue weighted by molar-refractivity contribution is -0.140. The van der Waals surface area contributed by atoms with Crippen LogP contribution in [0.1, 0.15) is 53.7 Å². The summed E-state index contributed by atoms with van der Waals surface area (Å²) in [4.78, 5) is 42.6. The van der Waals surface area contributed by atoms with Crippen molar-refractivity contribution in [2.45, 2.75) is 50.7 Å². The number of hydrogen-bond donors (Lipinski definition) is 5. The number of hydrogen-bond acceptors (Lipinski definition) is 8. The predicted octanol–water partition coefficient (Wildman–Crippen LogP) is 1.19. The van der Waals surface area contributed by atoms with Gasteiger partial charge in [0, 0.05) is 23.5 Å². The van der Waals surface area contributed by atoms with Crippen LogP contribution < -0.4 is 21.5 Å². The van der Waals surface area contributed by atoms with E-state index in [1.54, 1.807) is 12.1 Å². The average Bonchev–Trinajstić information content (AvgIpc) is 3.15. The Morgan fingerprint density at radius 1 is 1.19 bits per heavy atom. The van der Waals surface area contributed by atoms with Crippen LogP contribution in [-0.4, -0.2) is 50.2 Å². The molecule has 32 heavy (non-hydrogen) atoms. The monoisotopic (exact) mass is 443 g/mol. The van der Waals surface area contributed by atoms with Crippen molar-refractivity contribution in [1.29, 1.82) is 0 Å². The quantitative estimate of drug-likeness (QED) is 0.376. The summed E-state index contributed by atoms with van der Waals surface area (Å²) in [6.45, 7) is 1.91. The predicted molar refractivity (Wildman–Crippen MR) is 114 cm³/mol. The van der Waals surface area contributed by atoms with Crippen molar-refractivity contribution in [3.63, 3.8) is 0 Å². The SMILES string of the molecule is CC(Oc1ccc(C(=O)N[C@@H](CCC(=O)O)C(=O)O)cc1)C1CCc2nc(N)nc(N)c21. The van der Waals surface area contributed by atoms with Gasteiger partial charge in [0.1, 0.15) is 23.7 Å². The van der Waals surface area contributed by atoms with Crippen LogP contribution in [0.2, 0.25) is 0 Å². The number of carbonyl (C=O) groups is 3. The zero-order valence-corrected chi connectivity index (χ0v) is 17.4. The van der Waals surface area contributed by atoms with E-state index in [0.717, 1.165) is 24.1 Å². The van der Waals surface area contributed by atoms with Crippen LogP contribution in [0.4, 0.5) is 11.8 Å². The van der Waals surface area contributed by atoms with E-state index in [0.29, 0.717) is 11.6 Å². The Hall–Kier alpha value is -3.89. The van der Waals surface area contributed by atoms with Gasteiger partial charge in [-0.15, -0.1) is 0 Å². The Morgan fingerprint density at radius 2 is 1.88 bits per heavy atom. The minimum Gasteiger partial charge on any atom is -0.490 e. The van der Waals surface area contributed by atoms with Gasteiger partial charge in [-0.25, -0.2) is 9.78 Å². The molecular formula is C21H25N5O6. The number of carbonyl (C=O) groups excluding carboxylic acids is 1. The number of nitrogens with two attached hydrogens (primary N) is 2. The summed E-state index contributed by atoms with van der Waals surface area (Å²) in [5, 5.41) is 20.2. The molecule has 0 radical (unpaired) electrons. The summed E-state index contributed by atoms with van der Waals surface area (Å²) in [6, 6.07) is 4.94. The number of aliphatic carboxylic acids is 2. The molecule has 170 valence electrons. The summed E-state index contributed by atoms with van der Waals surface area (Å²) in [6.07, 6.45) is 0.714. The van der Waals surface area contributed by atoms with Gasteiger partial charge in [0.15, 0.2) is 0 Å². The smallest absolute Gasteiger partial charge is 0.326 e. The largest absolute Gasteiger partial charge is 0.490 e. The molecule has 1 heterocycles. The fourth-order valence-corrected chi connectivity index (χ4v) is 3.80. The molecule has 1 aromatic carbocycles. The molecule has 0 fully saturated rings. The molecule has 0 saturated carbocycles. The molecule has 2 unspecified atom stereocenters. The Kier molecular flexibility index (Phi) is 6.76. The number of benzene rings is 1. The van der Waals surface area contributed by atoms with E-state index < -0.39 is 23.9 Å². The second kappa shape index (κ2) is 9.50. The Bertz CT molecular complexity index is 1030. The molecule has 11 heteroatoms. The zero-order chi connectivity index (χ0) is 23.4. The molecule has 7 N–H and O–H groups in total. The van der Waals surface area contributed by atoms with Crippen molar-refractivity contribution in [1.82, 2.24) is 15.3 Å². The maximum atomic E-state index is 12.3. The fourth-order valence-electron chi connectivity index (χ4n) is 3.80. The lowest BCUT2D eigenvalue weighted by Crippen LogP contribution is -2.41. The van der Waals surface area contributed by atoms with E-state index in [4.69, 9.17) is 21.3 Å². The van der Waals surface area contributed by atoms with Crippen LogP contribution in [0.15, 0.2) is 24.3 Å². The summed E-state index contributed by atoms with van der Waals surface area (Å²) in [5.74, 6) is -2.02. The standard InChI is InChI=1S/C21H25N5O6/c1-10(13-6-7-14-17(13)18(22)26-21(23)25-14)32-12-4-2-11(3-5-12)19(29)24-15(20(30)31)8-9-16(27)28/h2-5,10,13,15H,6-9H2,1H3,(H,24,29)(H,27,28)(H,30,31)(H4,22,23,25,26)/t10?,13?,15-/m0/s1. The molecule has 1 aliphatic rings. The summed E-state index contributed by atoms with van der Waals surface area (Å²) in [7, 11) is 0. The van der Waals surface area contributed by atoms with Gasteiger partial charge in [-0.1, -0.05) is 0 Å². The highest BCUT2D eigenvalue weighted by Gasteiger charge is 2.32. The number of nitrogens with zero attached hydrogens (tertiary/aromatic N) is 2. The molecule has 3 atom stereocenters. The van der Waals surface area contributed by atoms with Crippen molar-refractivity contribution in [3.05, 3.63) is 41.1 Å². The number of nitrogens with one attached hydrogen (secondary N) is 1. The maximum absolute atomic E-state index is 12.3.